The number of rotatable bonds is 5. The van der Waals surface area contributed by atoms with Gasteiger partial charge in [-0.15, -0.1) is 0 Å². The molecule has 3 rings (SSSR count). The summed E-state index contributed by atoms with van der Waals surface area (Å²) >= 11 is 0. The van der Waals surface area contributed by atoms with Gasteiger partial charge in [0.2, 0.25) is 0 Å². The predicted octanol–water partition coefficient (Wildman–Crippen LogP) is 2.03. The van der Waals surface area contributed by atoms with E-state index in [1.165, 1.54) is 31.4 Å². The first-order valence-electron chi connectivity index (χ1n) is 8.21. The highest BCUT2D eigenvalue weighted by atomic mass is 16.8. The van der Waals surface area contributed by atoms with Crippen LogP contribution in [-0.2, 0) is 23.7 Å². The molecule has 0 aliphatic carbocycles. The summed E-state index contributed by atoms with van der Waals surface area (Å²) in [5.74, 6) is -1.39. The highest BCUT2D eigenvalue weighted by molar-refractivity contribution is 5.89. The van der Waals surface area contributed by atoms with Crippen molar-refractivity contribution < 1.29 is 33.4 Å². The Morgan fingerprint density at radius 1 is 1.23 bits per heavy atom. The van der Waals surface area contributed by atoms with E-state index in [4.69, 9.17) is 23.7 Å². The fourth-order valence-electron chi connectivity index (χ4n) is 3.18. The number of hydrogen-bond donors (Lipinski definition) is 0. The minimum absolute atomic E-state index is 0.0989. The average Bonchev–Trinajstić information content (AvgIpc) is 3.07. The minimum atomic E-state index is -0.782. The van der Waals surface area contributed by atoms with Crippen LogP contribution in [0.25, 0.3) is 0 Å². The Labute approximate surface area is 150 Å². The van der Waals surface area contributed by atoms with Crippen LogP contribution in [0.1, 0.15) is 31.1 Å². The van der Waals surface area contributed by atoms with Gasteiger partial charge in [0.1, 0.15) is 24.4 Å². The van der Waals surface area contributed by atoms with Crippen LogP contribution in [-0.4, -0.2) is 54.5 Å². The third-order valence-electron chi connectivity index (χ3n) is 4.35. The molecule has 2 saturated heterocycles. The molecule has 0 aromatic heterocycles. The van der Waals surface area contributed by atoms with Gasteiger partial charge in [0, 0.05) is 19.2 Å². The first kappa shape index (κ1) is 18.7. The topological polar surface area (TPSA) is 106 Å². The van der Waals surface area contributed by atoms with Gasteiger partial charge in [-0.1, -0.05) is 0 Å². The summed E-state index contributed by atoms with van der Waals surface area (Å²) in [5.41, 5.74) is 0.113. The molecule has 1 aromatic carbocycles. The van der Waals surface area contributed by atoms with Crippen LogP contribution in [0.2, 0.25) is 0 Å². The smallest absolute Gasteiger partial charge is 0.338 e. The van der Waals surface area contributed by atoms with Gasteiger partial charge in [-0.05, 0) is 32.9 Å². The minimum Gasteiger partial charge on any atom is -0.456 e. The van der Waals surface area contributed by atoms with Crippen LogP contribution in [0.15, 0.2) is 24.3 Å². The predicted molar refractivity (Wildman–Crippen MR) is 87.5 cm³/mol. The molecule has 2 fully saturated rings. The third kappa shape index (κ3) is 3.56. The highest BCUT2D eigenvalue weighted by Crippen LogP contribution is 2.40. The lowest BCUT2D eigenvalue weighted by Crippen LogP contribution is -2.39. The molecule has 2 heterocycles. The zero-order valence-corrected chi connectivity index (χ0v) is 14.9. The largest absolute Gasteiger partial charge is 0.456 e. The van der Waals surface area contributed by atoms with Crippen molar-refractivity contribution in [3.63, 3.8) is 0 Å². The van der Waals surface area contributed by atoms with E-state index in [0.29, 0.717) is 0 Å². The van der Waals surface area contributed by atoms with Crippen LogP contribution in [0.3, 0.4) is 0 Å². The van der Waals surface area contributed by atoms with E-state index in [-0.39, 0.29) is 11.3 Å². The van der Waals surface area contributed by atoms with E-state index in [0.717, 1.165) is 0 Å². The molecule has 2 aliphatic heterocycles. The fraction of sp³-hybridized carbons (Fsp3) is 0.588. The summed E-state index contributed by atoms with van der Waals surface area (Å²) in [6.45, 7) is 5.28. The molecule has 5 atom stereocenters. The van der Waals surface area contributed by atoms with Gasteiger partial charge in [-0.25, -0.2) is 4.79 Å². The number of nitrogens with zero attached hydrogens (tertiary/aromatic N) is 1. The lowest BCUT2D eigenvalue weighted by molar-refractivity contribution is -0.384. The molecule has 0 saturated carbocycles. The lowest BCUT2D eigenvalue weighted by Gasteiger charge is -2.26. The summed E-state index contributed by atoms with van der Waals surface area (Å²) in [4.78, 5) is 22.5. The van der Waals surface area contributed by atoms with E-state index >= 15 is 0 Å². The number of carbonyl (C=O) groups is 1. The van der Waals surface area contributed by atoms with Gasteiger partial charge >= 0.3 is 5.97 Å². The van der Waals surface area contributed by atoms with Gasteiger partial charge in [-0.3, -0.25) is 10.1 Å². The molecule has 142 valence electrons. The third-order valence-corrected chi connectivity index (χ3v) is 4.35. The number of non-ortho nitro benzene ring substituents is 1. The van der Waals surface area contributed by atoms with Crippen LogP contribution in [0.4, 0.5) is 5.69 Å². The molecular formula is C17H21NO8. The molecule has 0 amide bonds. The standard InChI is InChI=1S/C17H21NO8/c1-9(23-15(19)10-5-7-11(8-6-10)18(20)21)12-13-14(16(22-4)24-12)26-17(2,3)25-13/h5-9,12-14,16H,1-4H3/t9-,12+,13+,14+,16?/m0/s1. The number of nitro benzene ring substituents is 1. The maximum Gasteiger partial charge on any atom is 0.338 e. The Kier molecular flexibility index (Phi) is 4.98. The number of benzene rings is 1. The maximum absolute atomic E-state index is 12.3. The second-order valence-electron chi connectivity index (χ2n) is 6.68. The molecule has 2 aliphatic rings. The first-order chi connectivity index (χ1) is 12.2. The molecular weight excluding hydrogens is 346 g/mol. The van der Waals surface area contributed by atoms with Crippen molar-refractivity contribution in [2.75, 3.05) is 7.11 Å². The number of carbonyl (C=O) groups excluding carboxylic acids is 1. The number of ether oxygens (including phenoxy) is 5. The van der Waals surface area contributed by atoms with Gasteiger partial charge in [0.15, 0.2) is 12.1 Å². The Bertz CT molecular complexity index is 689. The van der Waals surface area contributed by atoms with E-state index in [1.807, 2.05) is 0 Å². The summed E-state index contributed by atoms with van der Waals surface area (Å²) in [5, 5.41) is 10.7. The zero-order chi connectivity index (χ0) is 19.1. The Hall–Kier alpha value is -2.07. The zero-order valence-electron chi connectivity index (χ0n) is 14.9. The van der Waals surface area contributed by atoms with Gasteiger partial charge in [0.25, 0.3) is 5.69 Å². The van der Waals surface area contributed by atoms with Crippen LogP contribution < -0.4 is 0 Å². The number of fused-ring (bicyclic) bond motifs is 1. The van der Waals surface area contributed by atoms with Gasteiger partial charge in [-0.2, -0.15) is 0 Å². The van der Waals surface area contributed by atoms with Crippen molar-refractivity contribution in [3.05, 3.63) is 39.9 Å². The van der Waals surface area contributed by atoms with Crippen molar-refractivity contribution in [2.24, 2.45) is 0 Å². The van der Waals surface area contributed by atoms with Crippen LogP contribution >= 0.6 is 0 Å². The van der Waals surface area contributed by atoms with Crippen molar-refractivity contribution in [1.82, 2.24) is 0 Å². The molecule has 26 heavy (non-hydrogen) atoms. The molecule has 1 aromatic rings. The fourth-order valence-corrected chi connectivity index (χ4v) is 3.18. The van der Waals surface area contributed by atoms with Crippen molar-refractivity contribution in [1.29, 1.82) is 0 Å². The highest BCUT2D eigenvalue weighted by Gasteiger charge is 2.57. The Balaban J connectivity index is 1.68. The molecule has 0 radical (unpaired) electrons. The number of nitro groups is 1. The van der Waals surface area contributed by atoms with E-state index in [9.17, 15) is 14.9 Å². The van der Waals surface area contributed by atoms with E-state index in [1.54, 1.807) is 20.8 Å². The lowest BCUT2D eigenvalue weighted by atomic mass is 10.1. The summed E-state index contributed by atoms with van der Waals surface area (Å²) < 4.78 is 28.2. The quantitative estimate of drug-likeness (QED) is 0.442. The number of esters is 1. The molecule has 0 spiro atoms. The van der Waals surface area contributed by atoms with E-state index < -0.39 is 47.4 Å². The second-order valence-corrected chi connectivity index (χ2v) is 6.68. The Morgan fingerprint density at radius 2 is 1.85 bits per heavy atom. The molecule has 9 nitrogen and oxygen atoms in total. The molecule has 1 unspecified atom stereocenters. The van der Waals surface area contributed by atoms with Crippen LogP contribution in [0, 0.1) is 10.1 Å². The number of hydrogen-bond acceptors (Lipinski definition) is 8. The van der Waals surface area contributed by atoms with Crippen molar-refractivity contribution >= 4 is 11.7 Å². The second kappa shape index (κ2) is 6.92. The summed E-state index contributed by atoms with van der Waals surface area (Å²) in [6.07, 6.45) is -2.67. The van der Waals surface area contributed by atoms with Crippen molar-refractivity contribution in [2.45, 2.75) is 57.3 Å². The molecule has 0 bridgehead atoms. The van der Waals surface area contributed by atoms with Gasteiger partial charge < -0.3 is 23.7 Å². The van der Waals surface area contributed by atoms with Crippen LogP contribution in [0.5, 0.6) is 0 Å². The normalized spacial score (nSPS) is 30.6. The molecule has 9 heteroatoms. The van der Waals surface area contributed by atoms with Crippen molar-refractivity contribution in [3.8, 4) is 0 Å². The summed E-state index contributed by atoms with van der Waals surface area (Å²) in [7, 11) is 1.51. The summed E-state index contributed by atoms with van der Waals surface area (Å²) in [6, 6.07) is 5.20. The monoisotopic (exact) mass is 367 g/mol. The number of methoxy groups -OCH3 is 1. The van der Waals surface area contributed by atoms with Gasteiger partial charge in [0.05, 0.1) is 10.5 Å². The molecule has 0 N–H and O–H groups in total. The average molecular weight is 367 g/mol. The maximum atomic E-state index is 12.3. The Morgan fingerprint density at radius 3 is 2.42 bits per heavy atom. The van der Waals surface area contributed by atoms with E-state index in [2.05, 4.69) is 0 Å². The first-order valence-corrected chi connectivity index (χ1v) is 8.21. The SMILES string of the molecule is COC1O[C@H]([C@H](C)OC(=O)c2ccc([N+](=O)[O-])cc2)[C@H]2OC(C)(C)O[C@@H]12.